The van der Waals surface area contributed by atoms with Crippen LogP contribution in [0.3, 0.4) is 0 Å². The van der Waals surface area contributed by atoms with Crippen molar-refractivity contribution in [2.45, 2.75) is 19.5 Å². The highest BCUT2D eigenvalue weighted by Crippen LogP contribution is 2.12. The van der Waals surface area contributed by atoms with Gasteiger partial charge in [0.05, 0.1) is 12.6 Å². The van der Waals surface area contributed by atoms with Gasteiger partial charge in [0.15, 0.2) is 17.5 Å². The van der Waals surface area contributed by atoms with Gasteiger partial charge in [-0.05, 0) is 42.1 Å². The third-order valence-corrected chi connectivity index (χ3v) is 2.70. The standard InChI is InChI=1S/C11H13F2N5/c1-7(14-2)11-15-16-17-18(11)6-8-3-4-9(12)10(13)5-8/h3-5,7,14H,6H2,1-2H3. The van der Waals surface area contributed by atoms with E-state index in [2.05, 4.69) is 20.8 Å². The third-order valence-electron chi connectivity index (χ3n) is 2.70. The molecule has 2 aromatic rings. The SMILES string of the molecule is CNC(C)c1nnnn1Cc1ccc(F)c(F)c1. The Morgan fingerprint density at radius 1 is 1.33 bits per heavy atom. The molecule has 0 saturated heterocycles. The van der Waals surface area contributed by atoms with E-state index in [1.165, 1.54) is 6.07 Å². The summed E-state index contributed by atoms with van der Waals surface area (Å²) < 4.78 is 27.4. The van der Waals surface area contributed by atoms with Gasteiger partial charge < -0.3 is 5.32 Å². The van der Waals surface area contributed by atoms with Gasteiger partial charge in [-0.2, -0.15) is 0 Å². The summed E-state index contributed by atoms with van der Waals surface area (Å²) in [5.74, 6) is -1.09. The minimum Gasteiger partial charge on any atom is -0.311 e. The topological polar surface area (TPSA) is 55.6 Å². The van der Waals surface area contributed by atoms with Gasteiger partial charge in [0.2, 0.25) is 0 Å². The normalized spacial score (nSPS) is 12.7. The lowest BCUT2D eigenvalue weighted by molar-refractivity contribution is 0.502. The molecule has 1 aromatic heterocycles. The number of rotatable bonds is 4. The van der Waals surface area contributed by atoms with Crippen molar-refractivity contribution in [2.75, 3.05) is 7.05 Å². The van der Waals surface area contributed by atoms with Gasteiger partial charge in [-0.15, -0.1) is 5.10 Å². The molecule has 0 saturated carbocycles. The molecule has 0 aliphatic carbocycles. The van der Waals surface area contributed by atoms with Crippen molar-refractivity contribution in [3.05, 3.63) is 41.2 Å². The van der Waals surface area contributed by atoms with Gasteiger partial charge in [-0.1, -0.05) is 6.07 Å². The van der Waals surface area contributed by atoms with Crippen LogP contribution >= 0.6 is 0 Å². The van der Waals surface area contributed by atoms with Gasteiger partial charge in [0.25, 0.3) is 0 Å². The quantitative estimate of drug-likeness (QED) is 0.891. The molecular weight excluding hydrogens is 240 g/mol. The minimum absolute atomic E-state index is 0.0229. The first-order chi connectivity index (χ1) is 8.61. The van der Waals surface area contributed by atoms with E-state index in [0.29, 0.717) is 17.9 Å². The summed E-state index contributed by atoms with van der Waals surface area (Å²) in [5, 5.41) is 14.3. The number of halogens is 2. The second-order valence-electron chi connectivity index (χ2n) is 3.95. The first-order valence-corrected chi connectivity index (χ1v) is 5.49. The number of nitrogens with zero attached hydrogens (tertiary/aromatic N) is 4. The average Bonchev–Trinajstić information content (AvgIpc) is 2.81. The fourth-order valence-electron chi connectivity index (χ4n) is 1.57. The van der Waals surface area contributed by atoms with Crippen molar-refractivity contribution in [3.63, 3.8) is 0 Å². The van der Waals surface area contributed by atoms with Crippen LogP contribution in [-0.4, -0.2) is 27.3 Å². The third kappa shape index (κ3) is 2.51. The Hall–Kier alpha value is -1.89. The second-order valence-corrected chi connectivity index (χ2v) is 3.95. The van der Waals surface area contributed by atoms with Gasteiger partial charge in [0.1, 0.15) is 0 Å². The first kappa shape index (κ1) is 12.6. The summed E-state index contributed by atoms with van der Waals surface area (Å²) in [6.45, 7) is 2.21. The predicted octanol–water partition coefficient (Wildman–Crippen LogP) is 1.28. The van der Waals surface area contributed by atoms with Crippen molar-refractivity contribution in [1.29, 1.82) is 0 Å². The van der Waals surface area contributed by atoms with E-state index in [0.717, 1.165) is 12.1 Å². The summed E-state index contributed by atoms with van der Waals surface area (Å²) in [4.78, 5) is 0. The lowest BCUT2D eigenvalue weighted by Crippen LogP contribution is -2.19. The van der Waals surface area contributed by atoms with Crippen LogP contribution in [0.5, 0.6) is 0 Å². The van der Waals surface area contributed by atoms with E-state index in [1.54, 1.807) is 11.7 Å². The fraction of sp³-hybridized carbons (Fsp3) is 0.364. The maximum absolute atomic E-state index is 13.1. The van der Waals surface area contributed by atoms with Crippen LogP contribution in [0, 0.1) is 11.6 Å². The minimum atomic E-state index is -0.871. The van der Waals surface area contributed by atoms with Crippen molar-refractivity contribution in [1.82, 2.24) is 25.5 Å². The van der Waals surface area contributed by atoms with E-state index < -0.39 is 11.6 Å². The van der Waals surface area contributed by atoms with Crippen LogP contribution < -0.4 is 5.32 Å². The molecule has 1 atom stereocenters. The molecule has 5 nitrogen and oxygen atoms in total. The van der Waals surface area contributed by atoms with Crippen molar-refractivity contribution in [3.8, 4) is 0 Å². The molecule has 0 bridgehead atoms. The molecule has 0 aliphatic rings. The lowest BCUT2D eigenvalue weighted by atomic mass is 10.2. The largest absolute Gasteiger partial charge is 0.311 e. The van der Waals surface area contributed by atoms with Crippen LogP contribution in [0.2, 0.25) is 0 Å². The summed E-state index contributed by atoms with van der Waals surface area (Å²) in [7, 11) is 1.79. The monoisotopic (exact) mass is 253 g/mol. The Labute approximate surface area is 103 Å². The fourth-order valence-corrected chi connectivity index (χ4v) is 1.57. The lowest BCUT2D eigenvalue weighted by Gasteiger charge is -2.10. The molecule has 18 heavy (non-hydrogen) atoms. The molecule has 1 N–H and O–H groups in total. The Bertz CT molecular complexity index is 540. The van der Waals surface area contributed by atoms with Crippen molar-refractivity contribution < 1.29 is 8.78 Å². The maximum Gasteiger partial charge on any atom is 0.168 e. The number of tetrazole rings is 1. The predicted molar refractivity (Wildman–Crippen MR) is 60.8 cm³/mol. The number of hydrogen-bond acceptors (Lipinski definition) is 4. The molecule has 1 unspecified atom stereocenters. The number of nitrogens with one attached hydrogen (secondary N) is 1. The molecular formula is C11H13F2N5. The number of aromatic nitrogens is 4. The molecule has 0 spiro atoms. The molecule has 0 radical (unpaired) electrons. The highest BCUT2D eigenvalue weighted by atomic mass is 19.2. The Morgan fingerprint density at radius 3 is 2.78 bits per heavy atom. The summed E-state index contributed by atoms with van der Waals surface area (Å²) in [6.07, 6.45) is 0. The zero-order valence-electron chi connectivity index (χ0n) is 10.1. The zero-order chi connectivity index (χ0) is 13.1. The highest BCUT2D eigenvalue weighted by Gasteiger charge is 2.13. The number of benzene rings is 1. The zero-order valence-corrected chi connectivity index (χ0v) is 10.1. The molecule has 96 valence electrons. The molecule has 0 aliphatic heterocycles. The van der Waals surface area contributed by atoms with Gasteiger partial charge in [-0.3, -0.25) is 0 Å². The summed E-state index contributed by atoms with van der Waals surface area (Å²) in [6, 6.07) is 3.72. The Kier molecular flexibility index (Phi) is 3.61. The summed E-state index contributed by atoms with van der Waals surface area (Å²) in [5.41, 5.74) is 0.603. The van der Waals surface area contributed by atoms with E-state index in [1.807, 2.05) is 6.92 Å². The van der Waals surface area contributed by atoms with Crippen LogP contribution in [0.4, 0.5) is 8.78 Å². The highest BCUT2D eigenvalue weighted by molar-refractivity contribution is 5.18. The van der Waals surface area contributed by atoms with E-state index in [9.17, 15) is 8.78 Å². The Morgan fingerprint density at radius 2 is 2.11 bits per heavy atom. The summed E-state index contributed by atoms with van der Waals surface area (Å²) >= 11 is 0. The smallest absolute Gasteiger partial charge is 0.168 e. The molecule has 0 amide bonds. The van der Waals surface area contributed by atoms with E-state index >= 15 is 0 Å². The molecule has 7 heteroatoms. The van der Waals surface area contributed by atoms with E-state index in [4.69, 9.17) is 0 Å². The number of hydrogen-bond donors (Lipinski definition) is 1. The first-order valence-electron chi connectivity index (χ1n) is 5.49. The Balaban J connectivity index is 2.23. The molecule has 1 aromatic carbocycles. The van der Waals surface area contributed by atoms with Crippen LogP contribution in [0.1, 0.15) is 24.4 Å². The van der Waals surface area contributed by atoms with Gasteiger partial charge in [0, 0.05) is 0 Å². The van der Waals surface area contributed by atoms with Crippen LogP contribution in [0.15, 0.2) is 18.2 Å². The van der Waals surface area contributed by atoms with Crippen molar-refractivity contribution in [2.24, 2.45) is 0 Å². The van der Waals surface area contributed by atoms with Crippen LogP contribution in [-0.2, 0) is 6.54 Å². The van der Waals surface area contributed by atoms with E-state index in [-0.39, 0.29) is 6.04 Å². The van der Waals surface area contributed by atoms with Gasteiger partial charge >= 0.3 is 0 Å². The molecule has 1 heterocycles. The average molecular weight is 253 g/mol. The van der Waals surface area contributed by atoms with Gasteiger partial charge in [-0.25, -0.2) is 13.5 Å². The molecule has 0 fully saturated rings. The second kappa shape index (κ2) is 5.18. The van der Waals surface area contributed by atoms with Crippen LogP contribution in [0.25, 0.3) is 0 Å². The van der Waals surface area contributed by atoms with Crippen molar-refractivity contribution >= 4 is 0 Å². The maximum atomic E-state index is 13.1. The molecule has 2 rings (SSSR count).